The fraction of sp³-hybridized carbons (Fsp3) is 0.600. The molecule has 0 unspecified atom stereocenters. The summed E-state index contributed by atoms with van der Waals surface area (Å²) in [6.45, 7) is 7.30. The fourth-order valence-corrected chi connectivity index (χ4v) is 3.25. The van der Waals surface area contributed by atoms with Crippen LogP contribution in [0.15, 0.2) is 11.4 Å². The van der Waals surface area contributed by atoms with Gasteiger partial charge in [-0.2, -0.15) is 0 Å². The number of rotatable bonds is 7. The van der Waals surface area contributed by atoms with Crippen molar-refractivity contribution in [2.24, 2.45) is 0 Å². The Morgan fingerprint density at radius 3 is 2.90 bits per heavy atom. The molecule has 0 aromatic carbocycles. The zero-order chi connectivity index (χ0) is 13.9. The number of anilines is 1. The zero-order valence-corrected chi connectivity index (χ0v) is 13.0. The van der Waals surface area contributed by atoms with Crippen LogP contribution in [0.4, 0.5) is 5.82 Å². The lowest BCUT2D eigenvalue weighted by molar-refractivity contribution is 0.263. The second kappa shape index (κ2) is 6.06. The van der Waals surface area contributed by atoms with Crippen molar-refractivity contribution >= 4 is 27.4 Å². The SMILES string of the molecule is CCCNc1nc(CN(CC)C2CC2)nc2sccc12. The maximum absolute atomic E-state index is 4.75. The molecule has 4 nitrogen and oxygen atoms in total. The third-order valence-corrected chi connectivity index (χ3v) is 4.53. The highest BCUT2D eigenvalue weighted by molar-refractivity contribution is 7.16. The largest absolute Gasteiger partial charge is 0.369 e. The molecule has 0 radical (unpaired) electrons. The van der Waals surface area contributed by atoms with Gasteiger partial charge in [0.2, 0.25) is 0 Å². The Morgan fingerprint density at radius 1 is 1.35 bits per heavy atom. The van der Waals surface area contributed by atoms with E-state index in [-0.39, 0.29) is 0 Å². The minimum Gasteiger partial charge on any atom is -0.369 e. The van der Waals surface area contributed by atoms with E-state index in [0.29, 0.717) is 0 Å². The van der Waals surface area contributed by atoms with Gasteiger partial charge in [-0.1, -0.05) is 13.8 Å². The van der Waals surface area contributed by atoms with E-state index in [0.717, 1.165) is 54.0 Å². The summed E-state index contributed by atoms with van der Waals surface area (Å²) in [5.74, 6) is 1.95. The maximum Gasteiger partial charge on any atom is 0.146 e. The van der Waals surface area contributed by atoms with Gasteiger partial charge in [0, 0.05) is 12.6 Å². The third kappa shape index (κ3) is 2.94. The number of nitrogens with one attached hydrogen (secondary N) is 1. The average molecular weight is 290 g/mol. The van der Waals surface area contributed by atoms with Crippen LogP contribution in [0, 0.1) is 0 Å². The minimum atomic E-state index is 0.759. The van der Waals surface area contributed by atoms with Crippen molar-refractivity contribution in [2.75, 3.05) is 18.4 Å². The summed E-state index contributed by atoms with van der Waals surface area (Å²) in [5, 5.41) is 6.69. The van der Waals surface area contributed by atoms with Crippen molar-refractivity contribution in [2.45, 2.75) is 45.7 Å². The Bertz CT molecular complexity index is 576. The van der Waals surface area contributed by atoms with Gasteiger partial charge < -0.3 is 5.32 Å². The fourth-order valence-electron chi connectivity index (χ4n) is 2.47. The van der Waals surface area contributed by atoms with Crippen molar-refractivity contribution in [3.8, 4) is 0 Å². The summed E-state index contributed by atoms with van der Waals surface area (Å²) >= 11 is 1.70. The van der Waals surface area contributed by atoms with Crippen LogP contribution >= 0.6 is 11.3 Å². The van der Waals surface area contributed by atoms with Crippen molar-refractivity contribution < 1.29 is 0 Å². The topological polar surface area (TPSA) is 41.1 Å². The predicted molar refractivity (Wildman–Crippen MR) is 85.3 cm³/mol. The van der Waals surface area contributed by atoms with Crippen LogP contribution in [0.5, 0.6) is 0 Å². The molecule has 0 bridgehead atoms. The van der Waals surface area contributed by atoms with E-state index in [4.69, 9.17) is 9.97 Å². The quantitative estimate of drug-likeness (QED) is 0.847. The Kier molecular flexibility index (Phi) is 4.17. The standard InChI is InChI=1S/C15H22N4S/c1-3-8-16-14-12-7-9-20-15(12)18-13(17-14)10-19(4-2)11-5-6-11/h7,9,11H,3-6,8,10H2,1-2H3,(H,16,17,18). The molecule has 108 valence electrons. The van der Waals surface area contributed by atoms with E-state index in [1.807, 2.05) is 0 Å². The van der Waals surface area contributed by atoms with Gasteiger partial charge in [0.25, 0.3) is 0 Å². The number of hydrogen-bond acceptors (Lipinski definition) is 5. The molecule has 1 fully saturated rings. The Hall–Kier alpha value is -1.20. The molecule has 5 heteroatoms. The van der Waals surface area contributed by atoms with Gasteiger partial charge in [0.05, 0.1) is 11.9 Å². The predicted octanol–water partition coefficient (Wildman–Crippen LogP) is 3.50. The molecule has 1 aliphatic rings. The van der Waals surface area contributed by atoms with Crippen LogP contribution in [0.2, 0.25) is 0 Å². The van der Waals surface area contributed by atoms with Crippen molar-refractivity contribution in [1.82, 2.24) is 14.9 Å². The molecule has 1 aliphatic carbocycles. The number of fused-ring (bicyclic) bond motifs is 1. The number of nitrogens with zero attached hydrogens (tertiary/aromatic N) is 3. The normalized spacial score (nSPS) is 15.2. The van der Waals surface area contributed by atoms with E-state index < -0.39 is 0 Å². The zero-order valence-electron chi connectivity index (χ0n) is 12.2. The summed E-state index contributed by atoms with van der Waals surface area (Å²) in [5.41, 5.74) is 0. The third-order valence-electron chi connectivity index (χ3n) is 3.73. The smallest absolute Gasteiger partial charge is 0.146 e. The second-order valence-corrected chi connectivity index (χ2v) is 6.24. The van der Waals surface area contributed by atoms with Crippen LogP contribution in [-0.4, -0.2) is 34.0 Å². The molecule has 2 heterocycles. The molecule has 0 amide bonds. The Balaban J connectivity index is 1.86. The first-order valence-electron chi connectivity index (χ1n) is 7.53. The lowest BCUT2D eigenvalue weighted by atomic mass is 10.3. The number of thiophene rings is 1. The molecular formula is C15H22N4S. The van der Waals surface area contributed by atoms with Gasteiger partial charge in [0.1, 0.15) is 16.5 Å². The van der Waals surface area contributed by atoms with Gasteiger partial charge >= 0.3 is 0 Å². The summed E-state index contributed by atoms with van der Waals surface area (Å²) in [4.78, 5) is 13.1. The van der Waals surface area contributed by atoms with Gasteiger partial charge in [-0.25, -0.2) is 9.97 Å². The van der Waals surface area contributed by atoms with Gasteiger partial charge in [-0.05, 0) is 37.3 Å². The van der Waals surface area contributed by atoms with E-state index in [1.54, 1.807) is 11.3 Å². The van der Waals surface area contributed by atoms with Crippen LogP contribution in [-0.2, 0) is 6.54 Å². The molecule has 3 rings (SSSR count). The van der Waals surface area contributed by atoms with Crippen molar-refractivity contribution in [3.63, 3.8) is 0 Å². The average Bonchev–Trinajstić information content (AvgIpc) is 3.19. The first kappa shape index (κ1) is 13.8. The monoisotopic (exact) mass is 290 g/mol. The maximum atomic E-state index is 4.75. The highest BCUT2D eigenvalue weighted by atomic mass is 32.1. The van der Waals surface area contributed by atoms with E-state index in [1.165, 1.54) is 12.8 Å². The van der Waals surface area contributed by atoms with Crippen LogP contribution < -0.4 is 5.32 Å². The summed E-state index contributed by atoms with van der Waals surface area (Å²) < 4.78 is 0. The van der Waals surface area contributed by atoms with Gasteiger partial charge in [-0.3, -0.25) is 4.90 Å². The summed E-state index contributed by atoms with van der Waals surface area (Å²) in [6.07, 6.45) is 3.76. The molecule has 0 atom stereocenters. The highest BCUT2D eigenvalue weighted by Gasteiger charge is 2.28. The summed E-state index contributed by atoms with van der Waals surface area (Å²) in [6, 6.07) is 2.87. The van der Waals surface area contributed by atoms with Crippen LogP contribution in [0.3, 0.4) is 0 Å². The first-order chi connectivity index (χ1) is 9.81. The van der Waals surface area contributed by atoms with Crippen LogP contribution in [0.25, 0.3) is 10.2 Å². The first-order valence-corrected chi connectivity index (χ1v) is 8.41. The lowest BCUT2D eigenvalue weighted by Gasteiger charge is -2.19. The van der Waals surface area contributed by atoms with E-state index in [2.05, 4.69) is 35.5 Å². The lowest BCUT2D eigenvalue weighted by Crippen LogP contribution is -2.26. The molecule has 1 N–H and O–H groups in total. The molecule has 1 saturated carbocycles. The Labute approximate surface area is 124 Å². The molecule has 0 spiro atoms. The van der Waals surface area contributed by atoms with E-state index >= 15 is 0 Å². The molecule has 20 heavy (non-hydrogen) atoms. The van der Waals surface area contributed by atoms with Gasteiger partial charge in [0.15, 0.2) is 0 Å². The van der Waals surface area contributed by atoms with Crippen molar-refractivity contribution in [1.29, 1.82) is 0 Å². The van der Waals surface area contributed by atoms with Crippen LogP contribution in [0.1, 0.15) is 38.9 Å². The highest BCUT2D eigenvalue weighted by Crippen LogP contribution is 2.29. The van der Waals surface area contributed by atoms with Crippen molar-refractivity contribution in [3.05, 3.63) is 17.3 Å². The number of aromatic nitrogens is 2. The second-order valence-electron chi connectivity index (χ2n) is 5.35. The van der Waals surface area contributed by atoms with E-state index in [9.17, 15) is 0 Å². The molecule has 0 aliphatic heterocycles. The Morgan fingerprint density at radius 2 is 2.20 bits per heavy atom. The molecule has 0 saturated heterocycles. The minimum absolute atomic E-state index is 0.759. The molecule has 2 aromatic rings. The molecular weight excluding hydrogens is 268 g/mol. The van der Waals surface area contributed by atoms with Gasteiger partial charge in [-0.15, -0.1) is 11.3 Å². The summed E-state index contributed by atoms with van der Waals surface area (Å²) in [7, 11) is 0. The molecule has 2 aromatic heterocycles. The number of hydrogen-bond donors (Lipinski definition) is 1.